The maximum atomic E-state index is 4.55. The third-order valence-electron chi connectivity index (χ3n) is 4.36. The van der Waals surface area contributed by atoms with Gasteiger partial charge in [-0.1, -0.05) is 24.3 Å². The summed E-state index contributed by atoms with van der Waals surface area (Å²) in [6.07, 6.45) is 7.18. The fourth-order valence-electron chi connectivity index (χ4n) is 3.13. The first kappa shape index (κ1) is 14.1. The van der Waals surface area contributed by atoms with Crippen molar-refractivity contribution in [2.75, 3.05) is 31.1 Å². The van der Waals surface area contributed by atoms with Gasteiger partial charge in [-0.25, -0.2) is 4.98 Å². The summed E-state index contributed by atoms with van der Waals surface area (Å²) in [5, 5.41) is 1.21. The molecule has 0 unspecified atom stereocenters. The molecule has 0 aliphatic carbocycles. The minimum atomic E-state index is 0.947. The Kier molecular flexibility index (Phi) is 3.86. The Morgan fingerprint density at radius 3 is 2.57 bits per heavy atom. The van der Waals surface area contributed by atoms with E-state index in [0.717, 1.165) is 44.1 Å². The summed E-state index contributed by atoms with van der Waals surface area (Å²) in [5.41, 5.74) is 2.42. The average molecular weight is 305 g/mol. The molecule has 0 N–H and O–H groups in total. The summed E-state index contributed by atoms with van der Waals surface area (Å²) in [7, 11) is 0. The summed E-state index contributed by atoms with van der Waals surface area (Å²) in [6.45, 7) is 4.97. The normalized spacial score (nSPS) is 15.9. The molecule has 5 nitrogen and oxygen atoms in total. The van der Waals surface area contributed by atoms with Gasteiger partial charge in [0.25, 0.3) is 0 Å². The molecule has 1 saturated heterocycles. The van der Waals surface area contributed by atoms with Gasteiger partial charge in [0, 0.05) is 56.7 Å². The van der Waals surface area contributed by atoms with Crippen molar-refractivity contribution in [3.8, 4) is 0 Å². The van der Waals surface area contributed by atoms with Crippen LogP contribution < -0.4 is 4.90 Å². The number of hydrogen-bond donors (Lipinski definition) is 0. The van der Waals surface area contributed by atoms with Crippen molar-refractivity contribution in [2.45, 2.75) is 6.54 Å². The minimum absolute atomic E-state index is 0.947. The summed E-state index contributed by atoms with van der Waals surface area (Å²) in [4.78, 5) is 17.9. The fourth-order valence-corrected chi connectivity index (χ4v) is 3.13. The lowest BCUT2D eigenvalue weighted by molar-refractivity contribution is 0.250. The quantitative estimate of drug-likeness (QED) is 0.743. The molecule has 4 rings (SSSR count). The third-order valence-corrected chi connectivity index (χ3v) is 4.36. The second kappa shape index (κ2) is 6.30. The Morgan fingerprint density at radius 2 is 1.74 bits per heavy atom. The van der Waals surface area contributed by atoms with Crippen LogP contribution in [0.5, 0.6) is 0 Å². The van der Waals surface area contributed by atoms with Gasteiger partial charge in [0.15, 0.2) is 0 Å². The molecule has 1 fully saturated rings. The molecule has 3 heterocycles. The van der Waals surface area contributed by atoms with Gasteiger partial charge >= 0.3 is 0 Å². The van der Waals surface area contributed by atoms with Gasteiger partial charge in [0.05, 0.1) is 11.7 Å². The second-order valence-corrected chi connectivity index (χ2v) is 5.82. The van der Waals surface area contributed by atoms with Crippen LogP contribution in [0.15, 0.2) is 55.1 Å². The van der Waals surface area contributed by atoms with Gasteiger partial charge in [-0.15, -0.1) is 0 Å². The molecule has 1 aliphatic heterocycles. The van der Waals surface area contributed by atoms with E-state index in [1.807, 2.05) is 18.5 Å². The number of piperazine rings is 1. The van der Waals surface area contributed by atoms with Gasteiger partial charge in [-0.05, 0) is 11.6 Å². The zero-order valence-corrected chi connectivity index (χ0v) is 13.0. The number of fused-ring (bicyclic) bond motifs is 1. The topological polar surface area (TPSA) is 45.2 Å². The Bertz CT molecular complexity index is 776. The largest absolute Gasteiger partial charge is 0.353 e. The molecule has 0 radical (unpaired) electrons. The SMILES string of the molecule is c1cnc2c(CN3CCN(c4cnccn4)CC3)cccc2c1. The summed E-state index contributed by atoms with van der Waals surface area (Å²) in [5.74, 6) is 0.971. The van der Waals surface area contributed by atoms with Crippen molar-refractivity contribution in [1.82, 2.24) is 19.9 Å². The molecule has 0 spiro atoms. The van der Waals surface area contributed by atoms with Crippen LogP contribution in [-0.2, 0) is 6.54 Å². The fraction of sp³-hybridized carbons (Fsp3) is 0.278. The van der Waals surface area contributed by atoms with Crippen molar-refractivity contribution in [3.63, 3.8) is 0 Å². The molecule has 23 heavy (non-hydrogen) atoms. The molecule has 116 valence electrons. The lowest BCUT2D eigenvalue weighted by Crippen LogP contribution is -2.46. The highest BCUT2D eigenvalue weighted by Gasteiger charge is 2.18. The zero-order chi connectivity index (χ0) is 15.5. The smallest absolute Gasteiger partial charge is 0.147 e. The van der Waals surface area contributed by atoms with Crippen molar-refractivity contribution in [1.29, 1.82) is 0 Å². The van der Waals surface area contributed by atoms with Crippen molar-refractivity contribution in [2.24, 2.45) is 0 Å². The van der Waals surface area contributed by atoms with Crippen LogP contribution in [0, 0.1) is 0 Å². The molecule has 5 heteroatoms. The molecule has 0 atom stereocenters. The number of benzene rings is 1. The maximum Gasteiger partial charge on any atom is 0.147 e. The number of para-hydroxylation sites is 1. The van der Waals surface area contributed by atoms with Crippen LogP contribution in [-0.4, -0.2) is 46.0 Å². The van der Waals surface area contributed by atoms with Gasteiger partial charge in [-0.3, -0.25) is 14.9 Å². The average Bonchev–Trinajstić information content (AvgIpc) is 2.63. The van der Waals surface area contributed by atoms with Crippen LogP contribution in [0.1, 0.15) is 5.56 Å². The zero-order valence-electron chi connectivity index (χ0n) is 13.0. The van der Waals surface area contributed by atoms with Crippen LogP contribution in [0.2, 0.25) is 0 Å². The molecule has 1 aliphatic rings. The van der Waals surface area contributed by atoms with E-state index >= 15 is 0 Å². The van der Waals surface area contributed by atoms with Crippen molar-refractivity contribution < 1.29 is 0 Å². The van der Waals surface area contributed by atoms with Crippen LogP contribution in [0.25, 0.3) is 10.9 Å². The first-order valence-corrected chi connectivity index (χ1v) is 7.96. The van der Waals surface area contributed by atoms with Gasteiger partial charge in [-0.2, -0.15) is 0 Å². The molecule has 2 aromatic heterocycles. The number of rotatable bonds is 3. The highest BCUT2D eigenvalue weighted by Crippen LogP contribution is 2.19. The van der Waals surface area contributed by atoms with Crippen LogP contribution >= 0.6 is 0 Å². The van der Waals surface area contributed by atoms with E-state index in [0.29, 0.717) is 0 Å². The number of anilines is 1. The van der Waals surface area contributed by atoms with Gasteiger partial charge < -0.3 is 4.90 Å². The first-order chi connectivity index (χ1) is 11.4. The van der Waals surface area contributed by atoms with Crippen molar-refractivity contribution in [3.05, 3.63) is 60.7 Å². The molecule has 3 aromatic rings. The molecular formula is C18H19N5. The summed E-state index contributed by atoms with van der Waals surface area (Å²) < 4.78 is 0. The van der Waals surface area contributed by atoms with E-state index in [9.17, 15) is 0 Å². The van der Waals surface area contributed by atoms with E-state index in [1.165, 1.54) is 10.9 Å². The van der Waals surface area contributed by atoms with Crippen molar-refractivity contribution >= 4 is 16.7 Å². The predicted molar refractivity (Wildman–Crippen MR) is 91.3 cm³/mol. The summed E-state index contributed by atoms with van der Waals surface area (Å²) >= 11 is 0. The third kappa shape index (κ3) is 3.00. The molecule has 1 aromatic carbocycles. The number of pyridine rings is 1. The minimum Gasteiger partial charge on any atom is -0.353 e. The summed E-state index contributed by atoms with van der Waals surface area (Å²) in [6, 6.07) is 10.5. The highest BCUT2D eigenvalue weighted by atomic mass is 15.3. The molecule has 0 saturated carbocycles. The predicted octanol–water partition coefficient (Wildman–Crippen LogP) is 2.35. The monoisotopic (exact) mass is 305 g/mol. The van der Waals surface area contributed by atoms with Crippen LogP contribution in [0.4, 0.5) is 5.82 Å². The van der Waals surface area contributed by atoms with Gasteiger partial charge in [0.2, 0.25) is 0 Å². The van der Waals surface area contributed by atoms with E-state index < -0.39 is 0 Å². The lowest BCUT2D eigenvalue weighted by atomic mass is 10.1. The molecular weight excluding hydrogens is 286 g/mol. The molecule has 0 bridgehead atoms. The Morgan fingerprint density at radius 1 is 0.870 bits per heavy atom. The Hall–Kier alpha value is -2.53. The Labute approximate surface area is 135 Å². The Balaban J connectivity index is 1.45. The highest BCUT2D eigenvalue weighted by molar-refractivity contribution is 5.81. The number of nitrogens with zero attached hydrogens (tertiary/aromatic N) is 5. The van der Waals surface area contributed by atoms with E-state index in [1.54, 1.807) is 12.4 Å². The van der Waals surface area contributed by atoms with Gasteiger partial charge in [0.1, 0.15) is 5.82 Å². The number of hydrogen-bond acceptors (Lipinski definition) is 5. The lowest BCUT2D eigenvalue weighted by Gasteiger charge is -2.35. The number of aromatic nitrogens is 3. The van der Waals surface area contributed by atoms with Crippen LogP contribution in [0.3, 0.4) is 0 Å². The standard InChI is InChI=1S/C18H19N5/c1-3-15-5-2-6-21-18(15)16(4-1)14-22-9-11-23(12-10-22)17-13-19-7-8-20-17/h1-8,13H,9-12,14H2. The van der Waals surface area contributed by atoms with E-state index in [4.69, 9.17) is 0 Å². The first-order valence-electron chi connectivity index (χ1n) is 7.96. The van der Waals surface area contributed by atoms with E-state index in [-0.39, 0.29) is 0 Å². The molecule has 0 amide bonds. The second-order valence-electron chi connectivity index (χ2n) is 5.82. The van der Waals surface area contributed by atoms with E-state index in [2.05, 4.69) is 49.0 Å². The maximum absolute atomic E-state index is 4.55.